The SMILES string of the molecule is C=C(C(=O)Nc1c(C)cccc1C)[C@@H]1CCCCOCCOCc2ccccc2C(=O)N1. The van der Waals surface area contributed by atoms with Crippen LogP contribution in [0.25, 0.3) is 0 Å². The molecule has 170 valence electrons. The first-order chi connectivity index (χ1) is 15.5. The highest BCUT2D eigenvalue weighted by Gasteiger charge is 2.23. The maximum atomic E-state index is 13.1. The number of carbonyl (C=O) groups is 2. The van der Waals surface area contributed by atoms with Gasteiger partial charge in [0.25, 0.3) is 11.8 Å². The normalized spacial score (nSPS) is 18.1. The second-order valence-corrected chi connectivity index (χ2v) is 8.09. The molecular formula is C26H32N2O4. The molecule has 0 fully saturated rings. The number of nitrogens with one attached hydrogen (secondary N) is 2. The minimum atomic E-state index is -0.483. The molecule has 6 nitrogen and oxygen atoms in total. The zero-order chi connectivity index (χ0) is 22.9. The Labute approximate surface area is 190 Å². The van der Waals surface area contributed by atoms with E-state index in [2.05, 4.69) is 17.2 Å². The molecule has 2 aromatic carbocycles. The minimum absolute atomic E-state index is 0.233. The van der Waals surface area contributed by atoms with E-state index in [1.54, 1.807) is 6.07 Å². The summed E-state index contributed by atoms with van der Waals surface area (Å²) in [6.45, 7) is 9.88. The van der Waals surface area contributed by atoms with Crippen molar-refractivity contribution in [3.63, 3.8) is 0 Å². The van der Waals surface area contributed by atoms with Crippen LogP contribution in [-0.4, -0.2) is 37.7 Å². The van der Waals surface area contributed by atoms with E-state index in [0.717, 1.165) is 35.2 Å². The van der Waals surface area contributed by atoms with Gasteiger partial charge in [0.05, 0.1) is 25.9 Å². The number of ether oxygens (including phenoxy) is 2. The number of benzene rings is 2. The van der Waals surface area contributed by atoms with E-state index >= 15 is 0 Å². The van der Waals surface area contributed by atoms with Crippen LogP contribution in [0, 0.1) is 13.8 Å². The summed E-state index contributed by atoms with van der Waals surface area (Å²) in [7, 11) is 0. The smallest absolute Gasteiger partial charge is 0.253 e. The molecule has 0 bridgehead atoms. The maximum Gasteiger partial charge on any atom is 0.253 e. The average molecular weight is 437 g/mol. The summed E-state index contributed by atoms with van der Waals surface area (Å²) in [5, 5.41) is 6.01. The van der Waals surface area contributed by atoms with Gasteiger partial charge in [0, 0.05) is 23.4 Å². The van der Waals surface area contributed by atoms with Gasteiger partial charge in [-0.25, -0.2) is 0 Å². The van der Waals surface area contributed by atoms with Crippen LogP contribution in [0.3, 0.4) is 0 Å². The molecule has 0 aliphatic carbocycles. The number of carbonyl (C=O) groups excluding carboxylic acids is 2. The molecule has 3 rings (SSSR count). The molecular weight excluding hydrogens is 404 g/mol. The molecule has 0 saturated heterocycles. The van der Waals surface area contributed by atoms with Crippen LogP contribution in [0.2, 0.25) is 0 Å². The number of hydrogen-bond acceptors (Lipinski definition) is 4. The van der Waals surface area contributed by atoms with Crippen LogP contribution in [-0.2, 0) is 20.9 Å². The van der Waals surface area contributed by atoms with E-state index in [1.165, 1.54) is 0 Å². The van der Waals surface area contributed by atoms with Crippen LogP contribution in [0.15, 0.2) is 54.6 Å². The largest absolute Gasteiger partial charge is 0.379 e. The Bertz CT molecular complexity index is 950. The first-order valence-corrected chi connectivity index (χ1v) is 11.1. The second-order valence-electron chi connectivity index (χ2n) is 8.09. The Morgan fingerprint density at radius 1 is 1.00 bits per heavy atom. The fourth-order valence-corrected chi connectivity index (χ4v) is 3.76. The standard InChI is InChI=1S/C26H32N2O4/c1-18-9-8-10-19(2)24(18)28-25(29)20(3)23-13-6-7-14-31-15-16-32-17-21-11-4-5-12-22(21)26(30)27-23/h4-5,8-12,23H,3,6-7,13-17H2,1-2H3,(H,27,30)(H,28,29)/t23-/m0/s1. The lowest BCUT2D eigenvalue weighted by Gasteiger charge is -2.23. The van der Waals surface area contributed by atoms with E-state index in [4.69, 9.17) is 9.47 Å². The third kappa shape index (κ3) is 6.28. The van der Waals surface area contributed by atoms with Gasteiger partial charge >= 0.3 is 0 Å². The zero-order valence-corrected chi connectivity index (χ0v) is 18.9. The van der Waals surface area contributed by atoms with E-state index in [1.807, 2.05) is 50.2 Å². The van der Waals surface area contributed by atoms with Crippen molar-refractivity contribution >= 4 is 17.5 Å². The molecule has 0 unspecified atom stereocenters. The number of para-hydroxylation sites is 1. The molecule has 0 saturated carbocycles. The van der Waals surface area contributed by atoms with Crippen molar-refractivity contribution in [3.8, 4) is 0 Å². The fraction of sp³-hybridized carbons (Fsp3) is 0.385. The van der Waals surface area contributed by atoms with Gasteiger partial charge in [0.2, 0.25) is 0 Å². The predicted octanol–water partition coefficient (Wildman–Crippen LogP) is 4.31. The highest BCUT2D eigenvalue weighted by atomic mass is 16.5. The fourth-order valence-electron chi connectivity index (χ4n) is 3.76. The van der Waals surface area contributed by atoms with Crippen molar-refractivity contribution < 1.29 is 19.1 Å². The van der Waals surface area contributed by atoms with Crippen molar-refractivity contribution in [3.05, 3.63) is 76.9 Å². The molecule has 0 aromatic heterocycles. The molecule has 1 atom stereocenters. The number of aryl methyl sites for hydroxylation is 2. The number of hydrogen-bond donors (Lipinski definition) is 2. The zero-order valence-electron chi connectivity index (χ0n) is 18.9. The molecule has 0 spiro atoms. The monoisotopic (exact) mass is 436 g/mol. The molecule has 2 aromatic rings. The van der Waals surface area contributed by atoms with Gasteiger partial charge < -0.3 is 20.1 Å². The highest BCUT2D eigenvalue weighted by Crippen LogP contribution is 2.21. The summed E-state index contributed by atoms with van der Waals surface area (Å²) < 4.78 is 11.3. The lowest BCUT2D eigenvalue weighted by Crippen LogP contribution is -2.40. The Hall–Kier alpha value is -2.96. The number of amides is 2. The Morgan fingerprint density at radius 3 is 2.50 bits per heavy atom. The summed E-state index contributed by atoms with van der Waals surface area (Å²) >= 11 is 0. The van der Waals surface area contributed by atoms with Crippen molar-refractivity contribution in [2.24, 2.45) is 0 Å². The summed E-state index contributed by atoms with van der Waals surface area (Å²) in [5.74, 6) is -0.523. The van der Waals surface area contributed by atoms with Gasteiger partial charge in [-0.2, -0.15) is 0 Å². The van der Waals surface area contributed by atoms with Crippen molar-refractivity contribution in [1.29, 1.82) is 0 Å². The Balaban J connectivity index is 1.79. The number of anilines is 1. The lowest BCUT2D eigenvalue weighted by atomic mass is 9.99. The van der Waals surface area contributed by atoms with E-state index in [0.29, 0.717) is 44.0 Å². The van der Waals surface area contributed by atoms with Gasteiger partial charge in [-0.3, -0.25) is 9.59 Å². The molecule has 1 aliphatic heterocycles. The van der Waals surface area contributed by atoms with Crippen LogP contribution >= 0.6 is 0 Å². The second kappa shape index (κ2) is 11.6. The molecule has 1 heterocycles. The molecule has 2 amide bonds. The van der Waals surface area contributed by atoms with Gasteiger partial charge in [-0.15, -0.1) is 0 Å². The van der Waals surface area contributed by atoms with Crippen LogP contribution in [0.4, 0.5) is 5.69 Å². The van der Waals surface area contributed by atoms with Crippen molar-refractivity contribution in [1.82, 2.24) is 5.32 Å². The number of fused-ring (bicyclic) bond motifs is 1. The van der Waals surface area contributed by atoms with Crippen molar-refractivity contribution in [2.75, 3.05) is 25.1 Å². The molecule has 1 aliphatic rings. The first-order valence-electron chi connectivity index (χ1n) is 11.1. The summed E-state index contributed by atoms with van der Waals surface area (Å²) in [6, 6.07) is 12.7. The third-order valence-electron chi connectivity index (χ3n) is 5.66. The van der Waals surface area contributed by atoms with E-state index in [9.17, 15) is 9.59 Å². The molecule has 0 radical (unpaired) electrons. The van der Waals surface area contributed by atoms with Gasteiger partial charge in [0.15, 0.2) is 0 Å². The summed E-state index contributed by atoms with van der Waals surface area (Å²) in [4.78, 5) is 26.2. The van der Waals surface area contributed by atoms with Gasteiger partial charge in [-0.1, -0.05) is 43.0 Å². The first kappa shape index (κ1) is 23.7. The van der Waals surface area contributed by atoms with Crippen LogP contribution in [0.5, 0.6) is 0 Å². The maximum absolute atomic E-state index is 13.1. The summed E-state index contributed by atoms with van der Waals surface area (Å²) in [5.41, 5.74) is 4.41. The molecule has 2 N–H and O–H groups in total. The summed E-state index contributed by atoms with van der Waals surface area (Å²) in [6.07, 6.45) is 2.23. The van der Waals surface area contributed by atoms with E-state index < -0.39 is 6.04 Å². The Kier molecular flexibility index (Phi) is 8.59. The molecule has 6 heteroatoms. The topological polar surface area (TPSA) is 76.7 Å². The van der Waals surface area contributed by atoms with Crippen molar-refractivity contribution in [2.45, 2.75) is 45.8 Å². The van der Waals surface area contributed by atoms with E-state index in [-0.39, 0.29) is 11.8 Å². The highest BCUT2D eigenvalue weighted by molar-refractivity contribution is 6.06. The number of rotatable bonds is 3. The Morgan fingerprint density at radius 2 is 1.72 bits per heavy atom. The van der Waals surface area contributed by atoms with Crippen LogP contribution in [0.1, 0.15) is 46.3 Å². The average Bonchev–Trinajstić information content (AvgIpc) is 2.78. The molecule has 32 heavy (non-hydrogen) atoms. The quantitative estimate of drug-likeness (QED) is 0.703. The van der Waals surface area contributed by atoms with Gasteiger partial charge in [0.1, 0.15) is 0 Å². The van der Waals surface area contributed by atoms with Crippen LogP contribution < -0.4 is 10.6 Å². The predicted molar refractivity (Wildman–Crippen MR) is 126 cm³/mol. The lowest BCUT2D eigenvalue weighted by molar-refractivity contribution is -0.113. The minimum Gasteiger partial charge on any atom is -0.379 e. The third-order valence-corrected chi connectivity index (χ3v) is 5.66. The van der Waals surface area contributed by atoms with Gasteiger partial charge in [-0.05, 0) is 55.9 Å².